The Labute approximate surface area is 135 Å². The van der Waals surface area contributed by atoms with Gasteiger partial charge in [-0.1, -0.05) is 24.1 Å². The maximum atomic E-state index is 12.5. The predicted octanol–water partition coefficient (Wildman–Crippen LogP) is 4.52. The van der Waals surface area contributed by atoms with Gasteiger partial charge in [-0.25, -0.2) is 0 Å². The second-order valence-corrected chi connectivity index (χ2v) is 8.16. The van der Waals surface area contributed by atoms with Gasteiger partial charge in [-0.2, -0.15) is 0 Å². The molecule has 2 unspecified atom stereocenters. The molecule has 2 nitrogen and oxygen atoms in total. The van der Waals surface area contributed by atoms with E-state index < -0.39 is 0 Å². The summed E-state index contributed by atoms with van der Waals surface area (Å²) in [6.45, 7) is 2.21. The van der Waals surface area contributed by atoms with Crippen molar-refractivity contribution in [2.45, 2.75) is 45.4 Å². The number of benzene rings is 1. The molecule has 3 heteroatoms. The highest BCUT2D eigenvalue weighted by Gasteiger charge is 2.74. The van der Waals surface area contributed by atoms with Crippen LogP contribution in [0.4, 0.5) is 0 Å². The van der Waals surface area contributed by atoms with Crippen molar-refractivity contribution in [2.24, 2.45) is 16.7 Å². The van der Waals surface area contributed by atoms with Crippen molar-refractivity contribution in [3.63, 3.8) is 0 Å². The van der Waals surface area contributed by atoms with E-state index in [9.17, 15) is 9.90 Å². The molecule has 22 heavy (non-hydrogen) atoms. The van der Waals surface area contributed by atoms with Gasteiger partial charge in [0.1, 0.15) is 11.5 Å². The molecule has 114 valence electrons. The Hall–Kier alpha value is -1.28. The van der Waals surface area contributed by atoms with Gasteiger partial charge in [0.05, 0.1) is 5.02 Å². The molecule has 0 saturated heterocycles. The zero-order valence-electron chi connectivity index (χ0n) is 12.7. The molecule has 5 rings (SSSR count). The van der Waals surface area contributed by atoms with Gasteiger partial charge >= 0.3 is 0 Å². The first-order valence-electron chi connectivity index (χ1n) is 8.25. The lowest BCUT2D eigenvalue weighted by molar-refractivity contribution is -0.128. The van der Waals surface area contributed by atoms with Crippen LogP contribution in [-0.4, -0.2) is 10.9 Å². The average Bonchev–Trinajstić information content (AvgIpc) is 3.14. The van der Waals surface area contributed by atoms with Gasteiger partial charge in [0, 0.05) is 17.3 Å². The van der Waals surface area contributed by atoms with Gasteiger partial charge in [-0.15, -0.1) is 0 Å². The van der Waals surface area contributed by atoms with E-state index in [1.54, 1.807) is 5.57 Å². The van der Waals surface area contributed by atoms with Gasteiger partial charge < -0.3 is 5.11 Å². The maximum Gasteiger partial charge on any atom is 0.139 e. The van der Waals surface area contributed by atoms with Crippen LogP contribution >= 0.6 is 11.6 Å². The van der Waals surface area contributed by atoms with Crippen molar-refractivity contribution in [3.8, 4) is 5.75 Å². The van der Waals surface area contributed by atoms with E-state index in [4.69, 9.17) is 11.6 Å². The summed E-state index contributed by atoms with van der Waals surface area (Å²) in [5, 5.41) is 10.3. The molecule has 0 aliphatic heterocycles. The van der Waals surface area contributed by atoms with Crippen LogP contribution in [0.3, 0.4) is 0 Å². The molecule has 4 aliphatic rings. The number of rotatable bonds is 0. The second kappa shape index (κ2) is 3.79. The monoisotopic (exact) mass is 314 g/mol. The van der Waals surface area contributed by atoms with Crippen molar-refractivity contribution < 1.29 is 9.90 Å². The number of carbonyl (C=O) groups excluding carboxylic acids is 1. The van der Waals surface area contributed by atoms with Gasteiger partial charge in [0.25, 0.3) is 0 Å². The van der Waals surface area contributed by atoms with Crippen LogP contribution in [0.1, 0.15) is 50.2 Å². The molecule has 1 aromatic carbocycles. The lowest BCUT2D eigenvalue weighted by Crippen LogP contribution is -2.38. The SMILES string of the molecule is C[C@]12CCC3=C(CCc4cc(O)c(Cl)cc43)C13CC3CC2=O. The standard InChI is InChI=1S/C19H19ClO2/c1-18-5-4-12-13-8-15(20)16(21)6-10(13)2-3-14(12)19(18)9-11(19)7-17(18)22/h6,8,11,21H,2-5,7,9H2,1H3/t11?,18-,19?/m1/s1. The fourth-order valence-corrected chi connectivity index (χ4v) is 6.00. The summed E-state index contributed by atoms with van der Waals surface area (Å²) in [5.74, 6) is 1.26. The zero-order valence-corrected chi connectivity index (χ0v) is 13.5. The molecule has 1 aromatic rings. The first-order chi connectivity index (χ1) is 10.5. The quantitative estimate of drug-likeness (QED) is 0.764. The van der Waals surface area contributed by atoms with Crippen molar-refractivity contribution >= 4 is 23.0 Å². The van der Waals surface area contributed by atoms with Crippen molar-refractivity contribution in [2.75, 3.05) is 0 Å². The summed E-state index contributed by atoms with van der Waals surface area (Å²) in [4.78, 5) is 12.5. The average molecular weight is 315 g/mol. The number of fused-ring (bicyclic) bond motifs is 2. The molecular formula is C19H19ClO2. The first kappa shape index (κ1) is 13.2. The molecule has 0 amide bonds. The highest BCUT2D eigenvalue weighted by molar-refractivity contribution is 6.32. The van der Waals surface area contributed by atoms with E-state index in [1.807, 2.05) is 12.1 Å². The lowest BCUT2D eigenvalue weighted by atomic mass is 9.59. The molecule has 0 heterocycles. The largest absolute Gasteiger partial charge is 0.506 e. The third-order valence-electron chi connectivity index (χ3n) is 7.06. The van der Waals surface area contributed by atoms with Gasteiger partial charge in [-0.05, 0) is 66.9 Å². The van der Waals surface area contributed by atoms with E-state index in [1.165, 1.54) is 23.1 Å². The molecular weight excluding hydrogens is 296 g/mol. The molecule has 2 fully saturated rings. The third kappa shape index (κ3) is 1.28. The highest BCUT2D eigenvalue weighted by Crippen LogP contribution is 2.79. The number of phenols is 1. The third-order valence-corrected chi connectivity index (χ3v) is 7.36. The Kier molecular flexibility index (Phi) is 2.27. The number of carbonyl (C=O) groups is 1. The summed E-state index contributed by atoms with van der Waals surface area (Å²) < 4.78 is 0. The highest BCUT2D eigenvalue weighted by atomic mass is 35.5. The number of phenolic OH excluding ortho intramolecular Hbond substituents is 1. The Bertz CT molecular complexity index is 778. The summed E-state index contributed by atoms with van der Waals surface area (Å²) in [7, 11) is 0. The minimum atomic E-state index is -0.116. The normalized spacial score (nSPS) is 38.3. The predicted molar refractivity (Wildman–Crippen MR) is 85.9 cm³/mol. The number of allylic oxidation sites excluding steroid dienone is 2. The summed E-state index contributed by atoms with van der Waals surface area (Å²) in [6, 6.07) is 3.77. The zero-order chi connectivity index (χ0) is 15.3. The second-order valence-electron chi connectivity index (χ2n) is 7.75. The summed E-state index contributed by atoms with van der Waals surface area (Å²) in [6.07, 6.45) is 5.94. The Balaban J connectivity index is 1.73. The summed E-state index contributed by atoms with van der Waals surface area (Å²) >= 11 is 6.16. The minimum Gasteiger partial charge on any atom is -0.506 e. The van der Waals surface area contributed by atoms with E-state index >= 15 is 0 Å². The van der Waals surface area contributed by atoms with Crippen molar-refractivity contribution in [1.29, 1.82) is 0 Å². The Morgan fingerprint density at radius 3 is 2.91 bits per heavy atom. The smallest absolute Gasteiger partial charge is 0.139 e. The lowest BCUT2D eigenvalue weighted by Gasteiger charge is -2.43. The van der Waals surface area contributed by atoms with Gasteiger partial charge in [0.2, 0.25) is 0 Å². The number of Topliss-reactive ketones (excluding diaryl/α,β-unsaturated/α-hetero) is 1. The number of aromatic hydroxyl groups is 1. The molecule has 4 aliphatic carbocycles. The molecule has 0 aromatic heterocycles. The number of halogens is 1. The fraction of sp³-hybridized carbons (Fsp3) is 0.526. The molecule has 2 saturated carbocycles. The molecule has 3 atom stereocenters. The fourth-order valence-electron chi connectivity index (χ4n) is 5.83. The van der Waals surface area contributed by atoms with Crippen LogP contribution in [0.25, 0.3) is 5.57 Å². The van der Waals surface area contributed by atoms with E-state index in [2.05, 4.69) is 6.92 Å². The maximum absolute atomic E-state index is 12.5. The minimum absolute atomic E-state index is 0.116. The van der Waals surface area contributed by atoms with Gasteiger partial charge in [-0.3, -0.25) is 4.79 Å². The van der Waals surface area contributed by atoms with Crippen LogP contribution in [0.15, 0.2) is 17.7 Å². The number of ketones is 1. The Morgan fingerprint density at radius 2 is 2.09 bits per heavy atom. The number of aryl methyl sites for hydroxylation is 1. The van der Waals surface area contributed by atoms with Gasteiger partial charge in [0.15, 0.2) is 0 Å². The van der Waals surface area contributed by atoms with Crippen LogP contribution in [-0.2, 0) is 11.2 Å². The number of hydrogen-bond donors (Lipinski definition) is 1. The number of hydrogen-bond acceptors (Lipinski definition) is 2. The van der Waals surface area contributed by atoms with Crippen molar-refractivity contribution in [3.05, 3.63) is 33.9 Å². The molecule has 1 N–H and O–H groups in total. The van der Waals surface area contributed by atoms with Crippen LogP contribution in [0, 0.1) is 16.7 Å². The van der Waals surface area contributed by atoms with Crippen LogP contribution in [0.2, 0.25) is 5.02 Å². The molecule has 0 radical (unpaired) electrons. The van der Waals surface area contributed by atoms with E-state index in [0.29, 0.717) is 16.7 Å². The molecule has 0 bridgehead atoms. The van der Waals surface area contributed by atoms with Crippen LogP contribution < -0.4 is 0 Å². The van der Waals surface area contributed by atoms with Crippen molar-refractivity contribution in [1.82, 2.24) is 0 Å². The topological polar surface area (TPSA) is 37.3 Å². The van der Waals surface area contributed by atoms with Crippen LogP contribution in [0.5, 0.6) is 5.75 Å². The Morgan fingerprint density at radius 1 is 1.27 bits per heavy atom. The summed E-state index contributed by atoms with van der Waals surface area (Å²) in [5.41, 5.74) is 5.46. The molecule has 1 spiro atoms. The first-order valence-corrected chi connectivity index (χ1v) is 8.63. The van der Waals surface area contributed by atoms with E-state index in [-0.39, 0.29) is 16.6 Å². The van der Waals surface area contributed by atoms with E-state index in [0.717, 1.165) is 32.1 Å².